The molecule has 0 fully saturated rings. The van der Waals surface area contributed by atoms with Gasteiger partial charge in [-0.05, 0) is 53.7 Å². The Morgan fingerprint density at radius 3 is 1.13 bits per heavy atom. The first kappa shape index (κ1) is 24.6. The predicted molar refractivity (Wildman–Crippen MR) is 115 cm³/mol. The van der Waals surface area contributed by atoms with Gasteiger partial charge in [0.15, 0.2) is 0 Å². The highest BCUT2D eigenvalue weighted by Gasteiger charge is 2.13. The smallest absolute Gasteiger partial charge is 0.336 e. The molecule has 0 saturated heterocycles. The maximum atomic E-state index is 10.5. The molecular formula is C22H30N4O4. The Kier molecular flexibility index (Phi) is 8.52. The Morgan fingerprint density at radius 1 is 0.700 bits per heavy atom. The van der Waals surface area contributed by atoms with Gasteiger partial charge in [0, 0.05) is 25.5 Å². The summed E-state index contributed by atoms with van der Waals surface area (Å²) in [6.45, 7) is 12.2. The first-order valence-corrected chi connectivity index (χ1v) is 9.37. The Morgan fingerprint density at radius 2 is 1.00 bits per heavy atom. The van der Waals surface area contributed by atoms with E-state index < -0.39 is 11.9 Å². The number of hydrogen-bond donors (Lipinski definition) is 2. The Labute approximate surface area is 176 Å². The van der Waals surface area contributed by atoms with Crippen LogP contribution in [0.25, 0.3) is 0 Å². The van der Waals surface area contributed by atoms with Crippen molar-refractivity contribution >= 4 is 11.9 Å². The van der Waals surface area contributed by atoms with E-state index in [-0.39, 0.29) is 11.1 Å². The van der Waals surface area contributed by atoms with Crippen molar-refractivity contribution in [3.8, 4) is 0 Å². The molecular weight excluding hydrogens is 384 g/mol. The second kappa shape index (κ2) is 10.4. The van der Waals surface area contributed by atoms with Crippen LogP contribution in [0.15, 0.2) is 24.3 Å². The number of aromatic nitrogens is 4. The van der Waals surface area contributed by atoms with E-state index >= 15 is 0 Å². The fourth-order valence-electron chi connectivity index (χ4n) is 2.62. The third-order valence-electron chi connectivity index (χ3n) is 5.07. The Bertz CT molecular complexity index is 920. The minimum atomic E-state index is -1.23. The Balaban J connectivity index is 0.000000229. The number of carboxylic acids is 2. The molecule has 0 bridgehead atoms. The lowest BCUT2D eigenvalue weighted by Gasteiger charge is -1.98. The van der Waals surface area contributed by atoms with Crippen LogP contribution in [-0.2, 0) is 14.1 Å². The maximum Gasteiger partial charge on any atom is 0.336 e. The number of imidazole rings is 2. The summed E-state index contributed by atoms with van der Waals surface area (Å²) in [4.78, 5) is 29.5. The minimum Gasteiger partial charge on any atom is -0.478 e. The monoisotopic (exact) mass is 414 g/mol. The van der Waals surface area contributed by atoms with Gasteiger partial charge in [-0.25, -0.2) is 19.6 Å². The van der Waals surface area contributed by atoms with E-state index in [0.29, 0.717) is 0 Å². The summed E-state index contributed by atoms with van der Waals surface area (Å²) in [7, 11) is 4.06. The summed E-state index contributed by atoms with van der Waals surface area (Å²) in [6, 6.07) is 5.48. The largest absolute Gasteiger partial charge is 0.478 e. The van der Waals surface area contributed by atoms with Gasteiger partial charge in [-0.3, -0.25) is 0 Å². The van der Waals surface area contributed by atoms with Crippen LogP contribution < -0.4 is 0 Å². The average Bonchev–Trinajstić information content (AvgIpc) is 3.05. The van der Waals surface area contributed by atoms with Gasteiger partial charge >= 0.3 is 11.9 Å². The van der Waals surface area contributed by atoms with E-state index in [9.17, 15) is 9.59 Å². The van der Waals surface area contributed by atoms with Crippen LogP contribution in [0.4, 0.5) is 0 Å². The highest BCUT2D eigenvalue weighted by molar-refractivity contribution is 6.01. The lowest BCUT2D eigenvalue weighted by Crippen LogP contribution is -2.06. The number of rotatable bonds is 2. The second-order valence-electron chi connectivity index (χ2n) is 6.93. The van der Waals surface area contributed by atoms with Crippen LogP contribution in [0.1, 0.15) is 55.1 Å². The minimum absolute atomic E-state index is 0.190. The lowest BCUT2D eigenvalue weighted by molar-refractivity contribution is 0.0651. The van der Waals surface area contributed by atoms with E-state index in [4.69, 9.17) is 10.2 Å². The molecule has 0 spiro atoms. The quantitative estimate of drug-likeness (QED) is 0.660. The van der Waals surface area contributed by atoms with Gasteiger partial charge in [-0.1, -0.05) is 12.1 Å². The Hall–Kier alpha value is -3.42. The molecule has 0 radical (unpaired) electrons. The molecule has 3 aromatic rings. The second-order valence-corrected chi connectivity index (χ2v) is 6.93. The molecule has 0 aliphatic heterocycles. The predicted octanol–water partition coefficient (Wildman–Crippen LogP) is 3.77. The van der Waals surface area contributed by atoms with Crippen LogP contribution in [0.2, 0.25) is 0 Å². The van der Waals surface area contributed by atoms with Crippen LogP contribution in [0, 0.1) is 41.5 Å². The zero-order chi connectivity index (χ0) is 23.2. The molecule has 30 heavy (non-hydrogen) atoms. The van der Waals surface area contributed by atoms with Crippen molar-refractivity contribution < 1.29 is 19.8 Å². The molecule has 1 aromatic carbocycles. The van der Waals surface area contributed by atoms with E-state index in [0.717, 1.165) is 23.0 Å². The van der Waals surface area contributed by atoms with Gasteiger partial charge in [0.2, 0.25) is 0 Å². The molecule has 0 saturated carbocycles. The summed E-state index contributed by atoms with van der Waals surface area (Å²) < 4.78 is 4.19. The van der Waals surface area contributed by atoms with Crippen LogP contribution in [-0.4, -0.2) is 41.3 Å². The summed E-state index contributed by atoms with van der Waals surface area (Å²) in [5.41, 5.74) is 4.40. The summed E-state index contributed by atoms with van der Waals surface area (Å²) in [6.07, 6.45) is 0. The SMILES string of the molecule is Cc1nc(C)n(C)c1C.Cc1nc(C)n(C)c1C.O=C(O)c1ccccc1C(=O)O. The highest BCUT2D eigenvalue weighted by Crippen LogP contribution is 2.08. The molecule has 0 atom stereocenters. The molecule has 2 aromatic heterocycles. The van der Waals surface area contributed by atoms with E-state index in [2.05, 4.69) is 32.9 Å². The van der Waals surface area contributed by atoms with Crippen LogP contribution in [0.3, 0.4) is 0 Å². The van der Waals surface area contributed by atoms with Crippen molar-refractivity contribution in [2.24, 2.45) is 14.1 Å². The molecule has 2 heterocycles. The third-order valence-corrected chi connectivity index (χ3v) is 5.07. The summed E-state index contributed by atoms with van der Waals surface area (Å²) in [5.74, 6) is -0.281. The topological polar surface area (TPSA) is 110 Å². The summed E-state index contributed by atoms with van der Waals surface area (Å²) in [5, 5.41) is 17.1. The molecule has 0 amide bonds. The van der Waals surface area contributed by atoms with Gasteiger partial charge in [-0.2, -0.15) is 0 Å². The number of benzene rings is 1. The van der Waals surface area contributed by atoms with Crippen molar-refractivity contribution in [2.75, 3.05) is 0 Å². The standard InChI is InChI=1S/C8H6O4.2C7H12N2/c9-7(10)5-3-1-2-4-6(5)8(11)12;2*1-5-6(2)9(4)7(3)8-5/h1-4H,(H,9,10)(H,11,12);2*1-4H3. The molecule has 162 valence electrons. The lowest BCUT2D eigenvalue weighted by atomic mass is 10.1. The number of carboxylic acid groups (broad SMARTS) is 2. The molecule has 0 unspecified atom stereocenters. The first-order chi connectivity index (χ1) is 13.9. The van der Waals surface area contributed by atoms with Gasteiger partial charge in [0.1, 0.15) is 11.6 Å². The number of carbonyl (C=O) groups is 2. The number of aromatic carboxylic acids is 2. The fourth-order valence-corrected chi connectivity index (χ4v) is 2.62. The van der Waals surface area contributed by atoms with Crippen LogP contribution in [0.5, 0.6) is 0 Å². The molecule has 2 N–H and O–H groups in total. The van der Waals surface area contributed by atoms with Crippen LogP contribution >= 0.6 is 0 Å². The van der Waals surface area contributed by atoms with Crippen molar-refractivity contribution in [1.29, 1.82) is 0 Å². The highest BCUT2D eigenvalue weighted by atomic mass is 16.4. The van der Waals surface area contributed by atoms with Crippen molar-refractivity contribution in [3.63, 3.8) is 0 Å². The van der Waals surface area contributed by atoms with Crippen molar-refractivity contribution in [2.45, 2.75) is 41.5 Å². The molecule has 0 aliphatic carbocycles. The van der Waals surface area contributed by atoms with Gasteiger partial charge in [0.05, 0.1) is 22.5 Å². The molecule has 8 heteroatoms. The van der Waals surface area contributed by atoms with Gasteiger partial charge < -0.3 is 19.3 Å². The van der Waals surface area contributed by atoms with E-state index in [1.165, 1.54) is 35.7 Å². The normalized spacial score (nSPS) is 9.87. The third kappa shape index (κ3) is 6.04. The zero-order valence-corrected chi connectivity index (χ0v) is 18.8. The maximum absolute atomic E-state index is 10.5. The molecule has 3 rings (SSSR count). The van der Waals surface area contributed by atoms with Gasteiger partial charge in [0.25, 0.3) is 0 Å². The average molecular weight is 415 g/mol. The number of aryl methyl sites for hydroxylation is 4. The van der Waals surface area contributed by atoms with E-state index in [1.807, 2.05) is 41.8 Å². The van der Waals surface area contributed by atoms with Gasteiger partial charge in [-0.15, -0.1) is 0 Å². The van der Waals surface area contributed by atoms with Crippen molar-refractivity contribution in [3.05, 3.63) is 69.8 Å². The molecule has 8 nitrogen and oxygen atoms in total. The number of nitrogens with zero attached hydrogens (tertiary/aromatic N) is 4. The van der Waals surface area contributed by atoms with Crippen molar-refractivity contribution in [1.82, 2.24) is 19.1 Å². The van der Waals surface area contributed by atoms with E-state index in [1.54, 1.807) is 0 Å². The fraction of sp³-hybridized carbons (Fsp3) is 0.364. The molecule has 0 aliphatic rings. The summed E-state index contributed by atoms with van der Waals surface area (Å²) >= 11 is 0. The zero-order valence-electron chi connectivity index (χ0n) is 18.8. The first-order valence-electron chi connectivity index (χ1n) is 9.37. The number of hydrogen-bond acceptors (Lipinski definition) is 4.